The van der Waals surface area contributed by atoms with Crippen molar-refractivity contribution in [2.45, 2.75) is 25.3 Å². The number of amides is 3. The summed E-state index contributed by atoms with van der Waals surface area (Å²) in [6, 6.07) is 17.0. The van der Waals surface area contributed by atoms with Gasteiger partial charge in [-0.15, -0.1) is 0 Å². The maximum atomic E-state index is 13.0. The number of carbonyl (C=O) groups is 3. The van der Waals surface area contributed by atoms with E-state index in [2.05, 4.69) is 5.32 Å². The van der Waals surface area contributed by atoms with Crippen LogP contribution in [0.4, 0.5) is 10.5 Å². The van der Waals surface area contributed by atoms with E-state index in [4.69, 9.17) is 20.5 Å². The van der Waals surface area contributed by atoms with E-state index in [1.807, 2.05) is 0 Å². The molecular formula is C27H23ClN2O7S2. The van der Waals surface area contributed by atoms with Crippen molar-refractivity contribution in [3.63, 3.8) is 0 Å². The minimum absolute atomic E-state index is 0.0440. The number of rotatable bonds is 9. The summed E-state index contributed by atoms with van der Waals surface area (Å²) in [5.74, 6) is -0.658. The number of hydrogen-bond donors (Lipinski definition) is 1. The molecule has 202 valence electrons. The molecule has 1 fully saturated rings. The summed E-state index contributed by atoms with van der Waals surface area (Å²) in [5, 5.41) is 2.59. The van der Waals surface area contributed by atoms with Crippen LogP contribution < -0.4 is 14.2 Å². The number of hydrogen-bond acceptors (Lipinski definition) is 8. The maximum Gasteiger partial charge on any atom is 0.339 e. The molecule has 9 nitrogen and oxygen atoms in total. The molecule has 12 heteroatoms. The molecule has 0 saturated carbocycles. The average molecular weight is 587 g/mol. The van der Waals surface area contributed by atoms with Crippen LogP contribution in [-0.4, -0.2) is 37.0 Å². The van der Waals surface area contributed by atoms with E-state index in [1.165, 1.54) is 49.4 Å². The van der Waals surface area contributed by atoms with Crippen LogP contribution in [0.15, 0.2) is 76.5 Å². The smallest absolute Gasteiger partial charge is 0.339 e. The molecule has 0 radical (unpaired) electrons. The van der Waals surface area contributed by atoms with Crippen molar-refractivity contribution in [2.24, 2.45) is 0 Å². The minimum atomic E-state index is -4.22. The fourth-order valence-corrected chi connectivity index (χ4v) is 5.58. The third kappa shape index (κ3) is 6.80. The Morgan fingerprint density at radius 2 is 1.77 bits per heavy atom. The first kappa shape index (κ1) is 28.2. The van der Waals surface area contributed by atoms with Crippen LogP contribution in [-0.2, 0) is 26.3 Å². The van der Waals surface area contributed by atoms with E-state index in [-0.39, 0.29) is 40.4 Å². The fourth-order valence-electron chi connectivity index (χ4n) is 3.61. The topological polar surface area (TPSA) is 119 Å². The number of halogens is 1. The molecule has 3 aromatic carbocycles. The van der Waals surface area contributed by atoms with Gasteiger partial charge in [0.2, 0.25) is 5.91 Å². The first-order chi connectivity index (χ1) is 18.6. The number of anilines is 1. The van der Waals surface area contributed by atoms with Crippen molar-refractivity contribution in [1.29, 1.82) is 0 Å². The van der Waals surface area contributed by atoms with Crippen LogP contribution in [0.3, 0.4) is 0 Å². The molecule has 0 unspecified atom stereocenters. The Hall–Kier alpha value is -3.80. The zero-order valence-electron chi connectivity index (χ0n) is 20.8. The largest absolute Gasteiger partial charge is 0.490 e. The lowest BCUT2D eigenvalue weighted by Gasteiger charge is -2.14. The third-order valence-electron chi connectivity index (χ3n) is 5.39. The first-order valence-corrected chi connectivity index (χ1v) is 14.3. The molecule has 39 heavy (non-hydrogen) atoms. The van der Waals surface area contributed by atoms with Crippen molar-refractivity contribution < 1.29 is 31.7 Å². The standard InChI is InChI=1S/C27H23ClN2O7S2/c1-3-36-24-14-18(15-25-26(32)30(27(33)38-25)16-19-6-4-5-7-22(19)28)8-13-23(24)37-39(34,35)21-11-9-20(10-12-21)29-17(2)31/h4-15H,3,16H2,1-2H3,(H,29,31)/b25-15-. The molecule has 1 heterocycles. The summed E-state index contributed by atoms with van der Waals surface area (Å²) >= 11 is 6.98. The zero-order chi connectivity index (χ0) is 28.2. The Morgan fingerprint density at radius 1 is 1.05 bits per heavy atom. The fraction of sp³-hybridized carbons (Fsp3) is 0.148. The highest BCUT2D eigenvalue weighted by Crippen LogP contribution is 2.36. The van der Waals surface area contributed by atoms with Gasteiger partial charge < -0.3 is 14.2 Å². The van der Waals surface area contributed by atoms with Crippen molar-refractivity contribution in [1.82, 2.24) is 4.90 Å². The van der Waals surface area contributed by atoms with Gasteiger partial charge >= 0.3 is 10.1 Å². The summed E-state index contributed by atoms with van der Waals surface area (Å²) < 4.78 is 36.7. The summed E-state index contributed by atoms with van der Waals surface area (Å²) in [7, 11) is -4.22. The Kier molecular flexibility index (Phi) is 8.63. The van der Waals surface area contributed by atoms with E-state index in [9.17, 15) is 22.8 Å². The van der Waals surface area contributed by atoms with E-state index >= 15 is 0 Å². The highest BCUT2D eigenvalue weighted by Gasteiger charge is 2.35. The monoisotopic (exact) mass is 586 g/mol. The van der Waals surface area contributed by atoms with Crippen LogP contribution in [0.25, 0.3) is 6.08 Å². The van der Waals surface area contributed by atoms with Crippen molar-refractivity contribution in [3.05, 3.63) is 87.8 Å². The van der Waals surface area contributed by atoms with Gasteiger partial charge in [0, 0.05) is 17.6 Å². The van der Waals surface area contributed by atoms with E-state index < -0.39 is 21.3 Å². The quantitative estimate of drug-likeness (QED) is 0.250. The van der Waals surface area contributed by atoms with Gasteiger partial charge in [0.05, 0.1) is 18.1 Å². The Labute approximate surface area is 234 Å². The van der Waals surface area contributed by atoms with Crippen LogP contribution in [0.5, 0.6) is 11.5 Å². The van der Waals surface area contributed by atoms with E-state index in [0.717, 1.165) is 16.7 Å². The zero-order valence-corrected chi connectivity index (χ0v) is 23.2. The highest BCUT2D eigenvalue weighted by molar-refractivity contribution is 8.18. The minimum Gasteiger partial charge on any atom is -0.490 e. The van der Waals surface area contributed by atoms with Crippen LogP contribution in [0.2, 0.25) is 5.02 Å². The van der Waals surface area contributed by atoms with Gasteiger partial charge in [-0.1, -0.05) is 35.9 Å². The predicted octanol–water partition coefficient (Wildman–Crippen LogP) is 5.70. The van der Waals surface area contributed by atoms with Crippen LogP contribution >= 0.6 is 23.4 Å². The van der Waals surface area contributed by atoms with E-state index in [0.29, 0.717) is 21.8 Å². The second kappa shape index (κ2) is 11.9. The molecular weight excluding hydrogens is 564 g/mol. The number of nitrogens with zero attached hydrogens (tertiary/aromatic N) is 1. The number of benzene rings is 3. The van der Waals surface area contributed by atoms with Gasteiger partial charge in [-0.3, -0.25) is 19.3 Å². The molecule has 4 rings (SSSR count). The molecule has 0 aliphatic carbocycles. The van der Waals surface area contributed by atoms with E-state index in [1.54, 1.807) is 37.3 Å². The molecule has 1 saturated heterocycles. The van der Waals surface area contributed by atoms with Gasteiger partial charge in [-0.2, -0.15) is 8.42 Å². The lowest BCUT2D eigenvalue weighted by Crippen LogP contribution is -2.27. The molecule has 1 aliphatic heterocycles. The molecule has 3 amide bonds. The number of nitrogens with one attached hydrogen (secondary N) is 1. The molecule has 0 spiro atoms. The number of imide groups is 1. The second-order valence-electron chi connectivity index (χ2n) is 8.24. The second-order valence-corrected chi connectivity index (χ2v) is 11.2. The molecule has 3 aromatic rings. The highest BCUT2D eigenvalue weighted by atomic mass is 35.5. The normalized spacial score (nSPS) is 14.5. The molecule has 1 aliphatic rings. The summed E-state index contributed by atoms with van der Waals surface area (Å²) in [4.78, 5) is 37.9. The maximum absolute atomic E-state index is 13.0. The summed E-state index contributed by atoms with van der Waals surface area (Å²) in [5.41, 5.74) is 1.59. The average Bonchev–Trinajstić information content (AvgIpc) is 3.14. The van der Waals surface area contributed by atoms with Crippen molar-refractivity contribution in [2.75, 3.05) is 11.9 Å². The number of thioether (sulfide) groups is 1. The molecule has 0 aromatic heterocycles. The van der Waals surface area contributed by atoms with Crippen LogP contribution in [0, 0.1) is 0 Å². The number of carbonyl (C=O) groups excluding carboxylic acids is 3. The molecule has 0 bridgehead atoms. The number of ether oxygens (including phenoxy) is 1. The molecule has 0 atom stereocenters. The Morgan fingerprint density at radius 3 is 2.44 bits per heavy atom. The first-order valence-electron chi connectivity index (χ1n) is 11.6. The SMILES string of the molecule is CCOc1cc(/C=C2\SC(=O)N(Cc3ccccc3Cl)C2=O)ccc1OS(=O)(=O)c1ccc(NC(C)=O)cc1. The van der Waals surface area contributed by atoms with Gasteiger partial charge in [0.25, 0.3) is 11.1 Å². The van der Waals surface area contributed by atoms with Gasteiger partial charge in [0.15, 0.2) is 11.5 Å². The third-order valence-corrected chi connectivity index (χ3v) is 7.91. The summed E-state index contributed by atoms with van der Waals surface area (Å²) in [6.45, 7) is 3.34. The van der Waals surface area contributed by atoms with Crippen molar-refractivity contribution >= 4 is 62.3 Å². The van der Waals surface area contributed by atoms with Crippen LogP contribution in [0.1, 0.15) is 25.0 Å². The Bertz CT molecular complexity index is 1570. The Balaban J connectivity index is 1.55. The van der Waals surface area contributed by atoms with Crippen molar-refractivity contribution in [3.8, 4) is 11.5 Å². The lowest BCUT2D eigenvalue weighted by atomic mass is 10.1. The predicted molar refractivity (Wildman–Crippen MR) is 149 cm³/mol. The lowest BCUT2D eigenvalue weighted by molar-refractivity contribution is -0.123. The molecule has 1 N–H and O–H groups in total. The van der Waals surface area contributed by atoms with Gasteiger partial charge in [0.1, 0.15) is 4.90 Å². The summed E-state index contributed by atoms with van der Waals surface area (Å²) in [6.07, 6.45) is 1.53. The van der Waals surface area contributed by atoms with Gasteiger partial charge in [-0.25, -0.2) is 0 Å². The van der Waals surface area contributed by atoms with Gasteiger partial charge in [-0.05, 0) is 78.4 Å².